The Morgan fingerprint density at radius 1 is 1.00 bits per heavy atom. The molecule has 1 heterocycles. The van der Waals surface area contributed by atoms with Gasteiger partial charge in [-0.3, -0.25) is 0 Å². The molecular formula is C15H9BrClNS. The van der Waals surface area contributed by atoms with Crippen molar-refractivity contribution in [3.05, 3.63) is 64.2 Å². The van der Waals surface area contributed by atoms with Crippen molar-refractivity contribution in [1.29, 1.82) is 0 Å². The number of halogens is 2. The molecule has 3 rings (SSSR count). The predicted octanol–water partition coefficient (Wildman–Crippen LogP) is 5.80. The standard InChI is InChI=1S/C15H9BrClNS/c16-14-8-12(17)9-18-15(14)19-13-6-5-10-3-1-2-4-11(10)7-13/h1-9H. The quantitative estimate of drug-likeness (QED) is 0.579. The molecule has 0 aliphatic carbocycles. The van der Waals surface area contributed by atoms with Crippen molar-refractivity contribution < 1.29 is 0 Å². The zero-order valence-corrected chi connectivity index (χ0v) is 13.0. The minimum atomic E-state index is 0.634. The minimum Gasteiger partial charge on any atom is -0.247 e. The summed E-state index contributed by atoms with van der Waals surface area (Å²) in [5, 5.41) is 4.03. The second-order valence-corrected chi connectivity index (χ2v) is 6.40. The molecule has 0 bridgehead atoms. The molecule has 1 aromatic heterocycles. The van der Waals surface area contributed by atoms with Gasteiger partial charge in [-0.1, -0.05) is 53.7 Å². The lowest BCUT2D eigenvalue weighted by atomic mass is 10.1. The van der Waals surface area contributed by atoms with Crippen LogP contribution in [0.3, 0.4) is 0 Å². The van der Waals surface area contributed by atoms with Gasteiger partial charge in [0.2, 0.25) is 0 Å². The summed E-state index contributed by atoms with van der Waals surface area (Å²) in [6, 6.07) is 16.6. The molecule has 0 saturated carbocycles. The summed E-state index contributed by atoms with van der Waals surface area (Å²) >= 11 is 11.0. The monoisotopic (exact) mass is 349 g/mol. The minimum absolute atomic E-state index is 0.634. The Balaban J connectivity index is 1.96. The van der Waals surface area contributed by atoms with Crippen LogP contribution in [0.2, 0.25) is 5.02 Å². The van der Waals surface area contributed by atoms with Crippen LogP contribution < -0.4 is 0 Å². The van der Waals surface area contributed by atoms with Gasteiger partial charge in [0, 0.05) is 11.1 Å². The molecule has 94 valence electrons. The van der Waals surface area contributed by atoms with Crippen molar-refractivity contribution in [3.63, 3.8) is 0 Å². The molecular weight excluding hydrogens is 342 g/mol. The molecule has 0 radical (unpaired) electrons. The Morgan fingerprint density at radius 3 is 2.58 bits per heavy atom. The number of hydrogen-bond donors (Lipinski definition) is 0. The second-order valence-electron chi connectivity index (χ2n) is 4.05. The lowest BCUT2D eigenvalue weighted by Crippen LogP contribution is -1.82. The lowest BCUT2D eigenvalue weighted by Gasteiger charge is -2.05. The predicted molar refractivity (Wildman–Crippen MR) is 85.0 cm³/mol. The van der Waals surface area contributed by atoms with Gasteiger partial charge in [0.15, 0.2) is 0 Å². The van der Waals surface area contributed by atoms with Crippen molar-refractivity contribution in [3.8, 4) is 0 Å². The average Bonchev–Trinajstić information content (AvgIpc) is 2.42. The third-order valence-corrected chi connectivity index (χ3v) is 4.79. The van der Waals surface area contributed by atoms with Gasteiger partial charge < -0.3 is 0 Å². The van der Waals surface area contributed by atoms with Gasteiger partial charge in [-0.25, -0.2) is 4.98 Å². The van der Waals surface area contributed by atoms with Gasteiger partial charge in [0.05, 0.1) is 9.50 Å². The first-order valence-corrected chi connectivity index (χ1v) is 7.69. The van der Waals surface area contributed by atoms with Crippen molar-refractivity contribution >= 4 is 50.1 Å². The summed E-state index contributed by atoms with van der Waals surface area (Å²) in [6.07, 6.45) is 1.66. The van der Waals surface area contributed by atoms with Crippen LogP contribution in [0, 0.1) is 0 Å². The number of benzene rings is 2. The van der Waals surface area contributed by atoms with Crippen LogP contribution in [-0.2, 0) is 0 Å². The molecule has 4 heteroatoms. The summed E-state index contributed by atoms with van der Waals surface area (Å²) in [5.74, 6) is 0. The number of pyridine rings is 1. The van der Waals surface area contributed by atoms with E-state index in [1.165, 1.54) is 10.8 Å². The smallest absolute Gasteiger partial charge is 0.115 e. The highest BCUT2D eigenvalue weighted by molar-refractivity contribution is 9.10. The van der Waals surface area contributed by atoms with Crippen LogP contribution in [0.15, 0.2) is 69.1 Å². The first kappa shape index (κ1) is 13.0. The Morgan fingerprint density at radius 2 is 1.79 bits per heavy atom. The number of aromatic nitrogens is 1. The Bertz CT molecular complexity index is 745. The van der Waals surface area contributed by atoms with Crippen molar-refractivity contribution in [1.82, 2.24) is 4.98 Å². The summed E-state index contributed by atoms with van der Waals surface area (Å²) in [5.41, 5.74) is 0. The van der Waals surface area contributed by atoms with E-state index < -0.39 is 0 Å². The van der Waals surface area contributed by atoms with Crippen LogP contribution in [0.25, 0.3) is 10.8 Å². The highest BCUT2D eigenvalue weighted by Gasteiger charge is 2.05. The number of hydrogen-bond acceptors (Lipinski definition) is 2. The SMILES string of the molecule is Clc1cnc(Sc2ccc3ccccc3c2)c(Br)c1. The fourth-order valence-electron chi connectivity index (χ4n) is 1.82. The average molecular weight is 351 g/mol. The van der Waals surface area contributed by atoms with E-state index in [9.17, 15) is 0 Å². The van der Waals surface area contributed by atoms with Crippen molar-refractivity contribution in [2.24, 2.45) is 0 Å². The summed E-state index contributed by atoms with van der Waals surface area (Å²) in [4.78, 5) is 5.50. The van der Waals surface area contributed by atoms with Crippen molar-refractivity contribution in [2.45, 2.75) is 9.92 Å². The molecule has 0 unspecified atom stereocenters. The molecule has 3 aromatic rings. The maximum atomic E-state index is 5.90. The Hall–Kier alpha value is -1.03. The summed E-state index contributed by atoms with van der Waals surface area (Å²) in [6.45, 7) is 0. The molecule has 0 aliphatic heterocycles. The first-order valence-electron chi connectivity index (χ1n) is 5.70. The zero-order chi connectivity index (χ0) is 13.2. The second kappa shape index (κ2) is 5.53. The van der Waals surface area contributed by atoms with E-state index in [1.54, 1.807) is 18.0 Å². The third kappa shape index (κ3) is 2.94. The van der Waals surface area contributed by atoms with Crippen molar-refractivity contribution in [2.75, 3.05) is 0 Å². The molecule has 0 amide bonds. The molecule has 0 spiro atoms. The van der Waals surface area contributed by atoms with Crippen LogP contribution in [0.5, 0.6) is 0 Å². The van der Waals surface area contributed by atoms with E-state index >= 15 is 0 Å². The fraction of sp³-hybridized carbons (Fsp3) is 0. The number of fused-ring (bicyclic) bond motifs is 1. The number of rotatable bonds is 2. The molecule has 0 N–H and O–H groups in total. The lowest BCUT2D eigenvalue weighted by molar-refractivity contribution is 1.11. The Labute approximate surface area is 129 Å². The van der Waals surface area contributed by atoms with E-state index in [1.807, 2.05) is 18.2 Å². The van der Waals surface area contributed by atoms with Crippen LogP contribution in [0.1, 0.15) is 0 Å². The van der Waals surface area contributed by atoms with Gasteiger partial charge in [-0.2, -0.15) is 0 Å². The molecule has 2 aromatic carbocycles. The topological polar surface area (TPSA) is 12.9 Å². The van der Waals surface area contributed by atoms with Gasteiger partial charge in [0.1, 0.15) is 5.03 Å². The van der Waals surface area contributed by atoms with Gasteiger partial charge >= 0.3 is 0 Å². The highest BCUT2D eigenvalue weighted by Crippen LogP contribution is 2.34. The molecule has 19 heavy (non-hydrogen) atoms. The van der Waals surface area contributed by atoms with E-state index in [0.717, 1.165) is 14.4 Å². The Kier molecular flexibility index (Phi) is 3.78. The maximum Gasteiger partial charge on any atom is 0.115 e. The first-order chi connectivity index (χ1) is 9.22. The highest BCUT2D eigenvalue weighted by atomic mass is 79.9. The van der Waals surface area contributed by atoms with Gasteiger partial charge in [-0.05, 0) is 44.9 Å². The van der Waals surface area contributed by atoms with E-state index in [0.29, 0.717) is 5.02 Å². The molecule has 1 nitrogen and oxygen atoms in total. The zero-order valence-electron chi connectivity index (χ0n) is 9.81. The summed E-state index contributed by atoms with van der Waals surface area (Å²) < 4.78 is 0.915. The van der Waals surface area contributed by atoms with E-state index in [2.05, 4.69) is 51.2 Å². The number of nitrogens with zero attached hydrogens (tertiary/aromatic N) is 1. The fourth-order valence-corrected chi connectivity index (χ4v) is 3.51. The van der Waals surface area contributed by atoms with E-state index in [4.69, 9.17) is 11.6 Å². The van der Waals surface area contributed by atoms with Crippen LogP contribution in [0.4, 0.5) is 0 Å². The van der Waals surface area contributed by atoms with Gasteiger partial charge in [0.25, 0.3) is 0 Å². The van der Waals surface area contributed by atoms with Crippen LogP contribution in [-0.4, -0.2) is 4.98 Å². The van der Waals surface area contributed by atoms with E-state index in [-0.39, 0.29) is 0 Å². The molecule has 0 aliphatic rings. The maximum absolute atomic E-state index is 5.90. The van der Waals surface area contributed by atoms with Crippen LogP contribution >= 0.6 is 39.3 Å². The molecule has 0 atom stereocenters. The summed E-state index contributed by atoms with van der Waals surface area (Å²) in [7, 11) is 0. The molecule has 0 saturated heterocycles. The van der Waals surface area contributed by atoms with Gasteiger partial charge in [-0.15, -0.1) is 0 Å². The third-order valence-electron chi connectivity index (χ3n) is 2.71. The molecule has 0 fully saturated rings. The largest absolute Gasteiger partial charge is 0.247 e. The normalized spacial score (nSPS) is 10.8.